The van der Waals surface area contributed by atoms with Crippen molar-refractivity contribution in [3.05, 3.63) is 76.7 Å². The third-order valence-corrected chi connectivity index (χ3v) is 4.30. The first-order valence-corrected chi connectivity index (χ1v) is 8.67. The van der Waals surface area contributed by atoms with Gasteiger partial charge in [-0.15, -0.1) is 0 Å². The Morgan fingerprint density at radius 3 is 2.79 bits per heavy atom. The van der Waals surface area contributed by atoms with Gasteiger partial charge in [-0.25, -0.2) is 9.18 Å². The zero-order valence-corrected chi connectivity index (χ0v) is 14.7. The second kappa shape index (κ2) is 7.69. The Balaban J connectivity index is 1.51. The smallest absolute Gasteiger partial charge is 0.356 e. The van der Waals surface area contributed by atoms with Crippen molar-refractivity contribution in [1.82, 2.24) is 10.9 Å². The van der Waals surface area contributed by atoms with Crippen molar-refractivity contribution >= 4 is 11.9 Å². The monoisotopic (exact) mass is 384 g/mol. The van der Waals surface area contributed by atoms with E-state index < -0.39 is 18.1 Å². The Morgan fingerprint density at radius 1 is 1.21 bits per heavy atom. The number of fused-ring (bicyclic) bond motifs is 1. The van der Waals surface area contributed by atoms with Crippen LogP contribution in [0.4, 0.5) is 4.39 Å². The first-order valence-electron chi connectivity index (χ1n) is 8.67. The Hall–Kier alpha value is -3.39. The summed E-state index contributed by atoms with van der Waals surface area (Å²) in [5.41, 5.74) is 6.69. The van der Waals surface area contributed by atoms with Gasteiger partial charge in [-0.1, -0.05) is 30.3 Å². The van der Waals surface area contributed by atoms with Gasteiger partial charge in [-0.05, 0) is 18.2 Å². The Labute approximate surface area is 160 Å². The molecule has 0 radical (unpaired) electrons. The molecule has 2 aromatic rings. The van der Waals surface area contributed by atoms with E-state index in [9.17, 15) is 14.0 Å². The Bertz CT molecular complexity index is 945. The molecule has 0 bridgehead atoms. The number of hydrogen-bond donors (Lipinski definition) is 2. The highest BCUT2D eigenvalue weighted by molar-refractivity contribution is 5.91. The topological polar surface area (TPSA) is 85.9 Å². The summed E-state index contributed by atoms with van der Waals surface area (Å²) in [5.74, 6) is -0.952. The summed E-state index contributed by atoms with van der Waals surface area (Å²) in [6.45, 7) is -0.0141. The predicted molar refractivity (Wildman–Crippen MR) is 94.8 cm³/mol. The lowest BCUT2D eigenvalue weighted by Gasteiger charge is -2.28. The quantitative estimate of drug-likeness (QED) is 0.788. The van der Waals surface area contributed by atoms with Gasteiger partial charge in [0.15, 0.2) is 0 Å². The van der Waals surface area contributed by atoms with Crippen LogP contribution >= 0.6 is 0 Å². The molecule has 7 nitrogen and oxygen atoms in total. The summed E-state index contributed by atoms with van der Waals surface area (Å²) in [4.78, 5) is 23.3. The van der Waals surface area contributed by atoms with E-state index in [1.54, 1.807) is 0 Å². The minimum atomic E-state index is -0.662. The molecule has 0 unspecified atom stereocenters. The first kappa shape index (κ1) is 18.0. The summed E-state index contributed by atoms with van der Waals surface area (Å²) in [6.07, 6.45) is 0.871. The van der Waals surface area contributed by atoms with Crippen molar-refractivity contribution in [3.63, 3.8) is 0 Å². The van der Waals surface area contributed by atoms with E-state index in [1.165, 1.54) is 18.2 Å². The van der Waals surface area contributed by atoms with E-state index in [1.807, 2.05) is 30.3 Å². The lowest BCUT2D eigenvalue weighted by atomic mass is 10.1. The van der Waals surface area contributed by atoms with Crippen LogP contribution in [0.5, 0.6) is 5.75 Å². The van der Waals surface area contributed by atoms with Crippen molar-refractivity contribution in [3.8, 4) is 5.75 Å². The van der Waals surface area contributed by atoms with Gasteiger partial charge in [0, 0.05) is 23.1 Å². The van der Waals surface area contributed by atoms with E-state index in [-0.39, 0.29) is 31.2 Å². The maximum absolute atomic E-state index is 14.0. The highest BCUT2D eigenvalue weighted by Gasteiger charge is 2.26. The van der Waals surface area contributed by atoms with Gasteiger partial charge in [0.2, 0.25) is 12.2 Å². The average molecular weight is 384 g/mol. The van der Waals surface area contributed by atoms with E-state index in [2.05, 4.69) is 10.9 Å². The van der Waals surface area contributed by atoms with Crippen LogP contribution in [0, 0.1) is 5.82 Å². The molecule has 28 heavy (non-hydrogen) atoms. The van der Waals surface area contributed by atoms with E-state index in [4.69, 9.17) is 14.2 Å². The van der Waals surface area contributed by atoms with E-state index in [0.717, 1.165) is 5.56 Å². The number of carbonyl (C=O) groups is 2. The summed E-state index contributed by atoms with van der Waals surface area (Å²) in [7, 11) is 0. The van der Waals surface area contributed by atoms with Gasteiger partial charge in [0.25, 0.3) is 0 Å². The van der Waals surface area contributed by atoms with E-state index in [0.29, 0.717) is 16.9 Å². The van der Waals surface area contributed by atoms with Crippen LogP contribution in [-0.4, -0.2) is 11.9 Å². The Morgan fingerprint density at radius 2 is 2.04 bits per heavy atom. The second-order valence-electron chi connectivity index (χ2n) is 6.30. The molecule has 1 atom stereocenters. The van der Waals surface area contributed by atoms with Gasteiger partial charge in [0.05, 0.1) is 6.61 Å². The summed E-state index contributed by atoms with van der Waals surface area (Å²) in [6, 6.07) is 12.0. The van der Waals surface area contributed by atoms with Gasteiger partial charge in [-0.3, -0.25) is 15.6 Å². The molecule has 0 aliphatic carbocycles. The molecule has 1 amide bonds. The second-order valence-corrected chi connectivity index (χ2v) is 6.30. The molecule has 4 rings (SSSR count). The zero-order valence-electron chi connectivity index (χ0n) is 14.7. The normalized spacial score (nSPS) is 18.1. The van der Waals surface area contributed by atoms with Gasteiger partial charge in [-0.2, -0.15) is 0 Å². The minimum Gasteiger partial charge on any atom is -0.460 e. The predicted octanol–water partition coefficient (Wildman–Crippen LogP) is 2.39. The molecule has 2 aliphatic rings. The molecule has 0 saturated carbocycles. The first-order chi connectivity index (χ1) is 13.6. The number of rotatable bonds is 4. The number of carbonyl (C=O) groups excluding carboxylic acids is 2. The number of ether oxygens (including phenoxy) is 3. The lowest BCUT2D eigenvalue weighted by molar-refractivity contribution is -0.141. The van der Waals surface area contributed by atoms with E-state index >= 15 is 0 Å². The van der Waals surface area contributed by atoms with Crippen LogP contribution in [0.25, 0.3) is 0 Å². The Kier molecular flexibility index (Phi) is 4.94. The summed E-state index contributed by atoms with van der Waals surface area (Å²) >= 11 is 0. The van der Waals surface area contributed by atoms with Crippen LogP contribution in [-0.2, 0) is 32.3 Å². The van der Waals surface area contributed by atoms with Crippen LogP contribution in [0.1, 0.15) is 29.4 Å². The molecule has 8 heteroatoms. The van der Waals surface area contributed by atoms with Crippen molar-refractivity contribution in [2.24, 2.45) is 0 Å². The van der Waals surface area contributed by atoms with Crippen LogP contribution in [0.3, 0.4) is 0 Å². The molecule has 144 valence electrons. The maximum Gasteiger partial charge on any atom is 0.356 e. The van der Waals surface area contributed by atoms with Crippen molar-refractivity contribution in [2.75, 3.05) is 0 Å². The zero-order chi connectivity index (χ0) is 19.5. The van der Waals surface area contributed by atoms with Crippen molar-refractivity contribution in [2.45, 2.75) is 25.9 Å². The maximum atomic E-state index is 14.0. The van der Waals surface area contributed by atoms with Gasteiger partial charge in [0.1, 0.15) is 23.9 Å². The largest absolute Gasteiger partial charge is 0.460 e. The summed E-state index contributed by atoms with van der Waals surface area (Å²) < 4.78 is 30.8. The molecule has 0 spiro atoms. The lowest BCUT2D eigenvalue weighted by Crippen LogP contribution is -2.42. The molecule has 0 saturated heterocycles. The van der Waals surface area contributed by atoms with Crippen LogP contribution in [0.15, 0.2) is 54.2 Å². The minimum absolute atomic E-state index is 0.0754. The number of benzene rings is 2. The number of nitrogens with one attached hydrogen (secondary N) is 2. The number of amides is 1. The third kappa shape index (κ3) is 3.81. The van der Waals surface area contributed by atoms with Crippen LogP contribution in [0.2, 0.25) is 0 Å². The fourth-order valence-corrected chi connectivity index (χ4v) is 2.95. The average Bonchev–Trinajstić information content (AvgIpc) is 2.72. The molecule has 2 N–H and O–H groups in total. The van der Waals surface area contributed by atoms with Gasteiger partial charge >= 0.3 is 5.97 Å². The van der Waals surface area contributed by atoms with Crippen molar-refractivity contribution < 1.29 is 28.2 Å². The standard InChI is InChI=1S/C20H17FN2O5/c21-15-8-13(10-26-19(25)16-6-7-17(24)23-22-16)18-14(9-15)11-27-20(28-18)12-4-2-1-3-5-12/h1-6,8-9,20,22H,7,10-11H2,(H,23,24)/t20-/m0/s1. The number of hydrogen-bond acceptors (Lipinski definition) is 6. The number of hydrazine groups is 1. The number of esters is 1. The molecule has 2 heterocycles. The number of halogens is 1. The fourth-order valence-electron chi connectivity index (χ4n) is 2.95. The molecule has 0 aromatic heterocycles. The summed E-state index contributed by atoms with van der Waals surface area (Å²) in [5, 5.41) is 0. The molecular formula is C20H17FN2O5. The van der Waals surface area contributed by atoms with Crippen molar-refractivity contribution in [1.29, 1.82) is 0 Å². The van der Waals surface area contributed by atoms with Gasteiger partial charge < -0.3 is 14.2 Å². The SMILES string of the molecule is O=C1CC=C(C(=O)OCc2cc(F)cc3c2O[C@@H](c2ccccc2)OC3)NN1. The third-order valence-electron chi connectivity index (χ3n) is 4.30. The fraction of sp³-hybridized carbons (Fsp3) is 0.200. The van der Waals surface area contributed by atoms with Crippen LogP contribution < -0.4 is 15.6 Å². The molecular weight excluding hydrogens is 367 g/mol. The molecule has 2 aromatic carbocycles. The highest BCUT2D eigenvalue weighted by atomic mass is 19.1. The molecule has 2 aliphatic heterocycles. The molecule has 0 fully saturated rings. The highest BCUT2D eigenvalue weighted by Crippen LogP contribution is 2.36.